The lowest BCUT2D eigenvalue weighted by Crippen LogP contribution is -2.55. The van der Waals surface area contributed by atoms with Gasteiger partial charge in [0.2, 0.25) is 0 Å². The number of hydroxylamine groups is 1. The molecule has 0 saturated carbocycles. The Labute approximate surface area is 180 Å². The SMILES string of the molecule is CC(C)(C)NC(=O)N[C@@H](CS(=O)(=O)c1cc(Oc2ccccc2)ccc1O)C(=O)NO. The molecule has 2 aromatic carbocycles. The average Bonchev–Trinajstić information content (AvgIpc) is 2.67. The van der Waals surface area contributed by atoms with E-state index in [2.05, 4.69) is 10.6 Å². The van der Waals surface area contributed by atoms with Gasteiger partial charge in [-0.25, -0.2) is 18.7 Å². The molecule has 0 bridgehead atoms. The van der Waals surface area contributed by atoms with Crippen LogP contribution in [0.15, 0.2) is 53.4 Å². The molecule has 0 aliphatic rings. The molecular weight excluding hydrogens is 426 g/mol. The first-order valence-corrected chi connectivity index (χ1v) is 10.9. The van der Waals surface area contributed by atoms with E-state index in [-0.39, 0.29) is 5.75 Å². The first-order chi connectivity index (χ1) is 14.4. The van der Waals surface area contributed by atoms with Crippen molar-refractivity contribution in [3.8, 4) is 17.2 Å². The number of para-hydroxylation sites is 1. The molecule has 0 aliphatic carbocycles. The lowest BCUT2D eigenvalue weighted by molar-refractivity contribution is -0.130. The molecule has 0 spiro atoms. The molecule has 31 heavy (non-hydrogen) atoms. The van der Waals surface area contributed by atoms with Crippen LogP contribution in [0.25, 0.3) is 0 Å². The van der Waals surface area contributed by atoms with Crippen molar-refractivity contribution in [3.63, 3.8) is 0 Å². The molecule has 2 aromatic rings. The van der Waals surface area contributed by atoms with Gasteiger partial charge < -0.3 is 20.5 Å². The summed E-state index contributed by atoms with van der Waals surface area (Å²) in [5.41, 5.74) is 0.685. The van der Waals surface area contributed by atoms with Crippen molar-refractivity contribution in [2.24, 2.45) is 0 Å². The number of nitrogens with one attached hydrogen (secondary N) is 3. The smallest absolute Gasteiger partial charge is 0.315 e. The summed E-state index contributed by atoms with van der Waals surface area (Å²) in [4.78, 5) is 23.6. The summed E-state index contributed by atoms with van der Waals surface area (Å²) in [7, 11) is -4.29. The Morgan fingerprint density at radius 2 is 1.71 bits per heavy atom. The second kappa shape index (κ2) is 9.67. The highest BCUT2D eigenvalue weighted by atomic mass is 32.2. The summed E-state index contributed by atoms with van der Waals surface area (Å²) in [6.07, 6.45) is 0. The van der Waals surface area contributed by atoms with E-state index in [9.17, 15) is 23.1 Å². The summed E-state index contributed by atoms with van der Waals surface area (Å²) in [5.74, 6) is -2.01. The molecule has 168 valence electrons. The van der Waals surface area contributed by atoms with E-state index in [4.69, 9.17) is 9.94 Å². The predicted octanol–water partition coefficient (Wildman–Crippen LogP) is 1.93. The summed E-state index contributed by atoms with van der Waals surface area (Å²) < 4.78 is 31.4. The molecule has 0 fully saturated rings. The minimum absolute atomic E-state index is 0.143. The number of ether oxygens (including phenoxy) is 1. The van der Waals surface area contributed by atoms with Crippen LogP contribution >= 0.6 is 0 Å². The van der Waals surface area contributed by atoms with Gasteiger partial charge in [-0.2, -0.15) is 0 Å². The molecule has 0 aliphatic heterocycles. The Morgan fingerprint density at radius 1 is 1.06 bits per heavy atom. The highest BCUT2D eigenvalue weighted by Crippen LogP contribution is 2.31. The number of aromatic hydroxyl groups is 1. The molecule has 0 saturated heterocycles. The molecule has 1 atom stereocenters. The van der Waals surface area contributed by atoms with E-state index >= 15 is 0 Å². The maximum atomic E-state index is 12.9. The Bertz CT molecular complexity index is 1030. The third kappa shape index (κ3) is 7.15. The van der Waals surface area contributed by atoms with Gasteiger partial charge in [0.05, 0.1) is 5.75 Å². The average molecular weight is 452 g/mol. The molecule has 11 heteroatoms. The van der Waals surface area contributed by atoms with Crippen LogP contribution in [0, 0.1) is 0 Å². The summed E-state index contributed by atoms with van der Waals surface area (Å²) in [6.45, 7) is 5.09. The van der Waals surface area contributed by atoms with Crippen molar-refractivity contribution in [2.75, 3.05) is 5.75 Å². The van der Waals surface area contributed by atoms with Gasteiger partial charge in [0.25, 0.3) is 5.91 Å². The number of benzene rings is 2. The summed E-state index contributed by atoms with van der Waals surface area (Å²) >= 11 is 0. The zero-order valence-corrected chi connectivity index (χ0v) is 18.1. The van der Waals surface area contributed by atoms with Crippen LogP contribution < -0.4 is 20.9 Å². The van der Waals surface area contributed by atoms with Gasteiger partial charge in [0, 0.05) is 11.6 Å². The quantitative estimate of drug-likeness (QED) is 0.318. The molecule has 0 aromatic heterocycles. The fourth-order valence-corrected chi connectivity index (χ4v) is 4.07. The van der Waals surface area contributed by atoms with E-state index in [1.165, 1.54) is 11.5 Å². The van der Waals surface area contributed by atoms with Crippen LogP contribution in [0.5, 0.6) is 17.2 Å². The molecule has 2 rings (SSSR count). The van der Waals surface area contributed by atoms with Crippen LogP contribution in [-0.2, 0) is 14.6 Å². The molecule has 10 nitrogen and oxygen atoms in total. The van der Waals surface area contributed by atoms with Gasteiger partial charge in [0.15, 0.2) is 9.84 Å². The third-order valence-electron chi connectivity index (χ3n) is 3.85. The Balaban J connectivity index is 2.27. The van der Waals surface area contributed by atoms with E-state index in [0.717, 1.165) is 12.1 Å². The van der Waals surface area contributed by atoms with Crippen molar-refractivity contribution in [1.82, 2.24) is 16.1 Å². The van der Waals surface area contributed by atoms with E-state index in [1.54, 1.807) is 51.1 Å². The van der Waals surface area contributed by atoms with E-state index in [0.29, 0.717) is 5.75 Å². The van der Waals surface area contributed by atoms with Crippen molar-refractivity contribution in [1.29, 1.82) is 0 Å². The van der Waals surface area contributed by atoms with Gasteiger partial charge in [-0.15, -0.1) is 0 Å². The maximum Gasteiger partial charge on any atom is 0.315 e. The minimum atomic E-state index is -4.29. The van der Waals surface area contributed by atoms with Gasteiger partial charge in [-0.05, 0) is 45.0 Å². The summed E-state index contributed by atoms with van der Waals surface area (Å²) in [6, 6.07) is 9.80. The number of phenols is 1. The standard InChI is InChI=1S/C20H25N3O7S/c1-20(2,3)22-19(26)21-15(18(25)23-27)12-31(28,29)17-11-14(9-10-16(17)24)30-13-7-5-4-6-8-13/h4-11,15,24,27H,12H2,1-3H3,(H,23,25)(H2,21,22,26)/t15-/m0/s1. The van der Waals surface area contributed by atoms with Crippen LogP contribution in [0.1, 0.15) is 20.8 Å². The number of carbonyl (C=O) groups is 2. The topological polar surface area (TPSA) is 154 Å². The fourth-order valence-electron chi connectivity index (χ4n) is 2.54. The normalized spacial score (nSPS) is 12.5. The van der Waals surface area contributed by atoms with Gasteiger partial charge in [-0.1, -0.05) is 18.2 Å². The van der Waals surface area contributed by atoms with Crippen LogP contribution in [0.4, 0.5) is 4.79 Å². The van der Waals surface area contributed by atoms with Crippen molar-refractivity contribution in [3.05, 3.63) is 48.5 Å². The first-order valence-electron chi connectivity index (χ1n) is 9.22. The first kappa shape index (κ1) is 24.0. The highest BCUT2D eigenvalue weighted by molar-refractivity contribution is 7.91. The number of hydrogen-bond donors (Lipinski definition) is 5. The predicted molar refractivity (Wildman–Crippen MR) is 112 cm³/mol. The van der Waals surface area contributed by atoms with Crippen molar-refractivity contribution >= 4 is 21.8 Å². The van der Waals surface area contributed by atoms with E-state index in [1.807, 2.05) is 0 Å². The molecular formula is C20H25N3O7S. The van der Waals surface area contributed by atoms with Crippen molar-refractivity contribution in [2.45, 2.75) is 37.2 Å². The van der Waals surface area contributed by atoms with E-state index < -0.39 is 49.8 Å². The second-order valence-electron chi connectivity index (χ2n) is 7.70. The Hall–Kier alpha value is -3.31. The Morgan fingerprint density at radius 3 is 2.29 bits per heavy atom. The number of hydrogen-bond acceptors (Lipinski definition) is 7. The Kier molecular flexibility index (Phi) is 7.47. The van der Waals surface area contributed by atoms with Gasteiger partial charge in [0.1, 0.15) is 28.2 Å². The molecule has 0 heterocycles. The maximum absolute atomic E-state index is 12.9. The fraction of sp³-hybridized carbons (Fsp3) is 0.300. The molecule has 3 amide bonds. The summed E-state index contributed by atoms with van der Waals surface area (Å²) in [5, 5.41) is 23.8. The number of rotatable bonds is 7. The number of phenolic OH excluding ortho intramolecular Hbond substituents is 1. The highest BCUT2D eigenvalue weighted by Gasteiger charge is 2.31. The second-order valence-corrected chi connectivity index (χ2v) is 9.71. The molecule has 5 N–H and O–H groups in total. The van der Waals surface area contributed by atoms with Gasteiger partial charge in [-0.3, -0.25) is 10.0 Å². The lowest BCUT2D eigenvalue weighted by atomic mass is 10.1. The number of amides is 3. The molecule has 0 radical (unpaired) electrons. The number of sulfone groups is 1. The monoisotopic (exact) mass is 451 g/mol. The van der Waals surface area contributed by atoms with Gasteiger partial charge >= 0.3 is 6.03 Å². The minimum Gasteiger partial charge on any atom is -0.507 e. The zero-order valence-electron chi connectivity index (χ0n) is 17.2. The van der Waals surface area contributed by atoms with Crippen LogP contribution in [-0.4, -0.2) is 48.0 Å². The number of carbonyl (C=O) groups excluding carboxylic acids is 2. The van der Waals surface area contributed by atoms with Crippen molar-refractivity contribution < 1.29 is 33.1 Å². The van der Waals surface area contributed by atoms with Crippen LogP contribution in [0.2, 0.25) is 0 Å². The number of urea groups is 1. The molecule has 0 unspecified atom stereocenters. The third-order valence-corrected chi connectivity index (χ3v) is 5.62. The van der Waals surface area contributed by atoms with Crippen LogP contribution in [0.3, 0.4) is 0 Å². The lowest BCUT2D eigenvalue weighted by Gasteiger charge is -2.23. The largest absolute Gasteiger partial charge is 0.507 e. The zero-order chi connectivity index (χ0) is 23.2.